The summed E-state index contributed by atoms with van der Waals surface area (Å²) in [6, 6.07) is 9.44. The lowest BCUT2D eigenvalue weighted by atomic mass is 9.98. The molecule has 1 aromatic heterocycles. The third kappa shape index (κ3) is 5.06. The number of hydrogen-bond acceptors (Lipinski definition) is 3. The van der Waals surface area contributed by atoms with Crippen LogP contribution in [0.1, 0.15) is 48.9 Å². The van der Waals surface area contributed by atoms with Gasteiger partial charge in [0.05, 0.1) is 17.9 Å². The third-order valence-electron chi connectivity index (χ3n) is 3.86. The molecule has 0 radical (unpaired) electrons. The summed E-state index contributed by atoms with van der Waals surface area (Å²) in [5.41, 5.74) is 3.84. The van der Waals surface area contributed by atoms with E-state index >= 15 is 0 Å². The monoisotopic (exact) mass is 327 g/mol. The molecule has 0 bridgehead atoms. The highest BCUT2D eigenvalue weighted by Gasteiger charge is 2.15. The molecule has 2 amide bonds. The van der Waals surface area contributed by atoms with E-state index in [1.165, 1.54) is 5.56 Å². The molecule has 0 aliphatic heterocycles. The minimum absolute atomic E-state index is 0.00286. The first-order valence-electron chi connectivity index (χ1n) is 8.19. The number of hydrogen-bond donors (Lipinski definition) is 3. The fourth-order valence-electron chi connectivity index (χ4n) is 2.51. The maximum absolute atomic E-state index is 12.2. The van der Waals surface area contributed by atoms with E-state index in [-0.39, 0.29) is 18.7 Å². The van der Waals surface area contributed by atoms with Gasteiger partial charge in [0, 0.05) is 12.8 Å². The molecule has 0 unspecified atom stereocenters. The summed E-state index contributed by atoms with van der Waals surface area (Å²) in [5.74, 6) is 0.459. The van der Waals surface area contributed by atoms with Gasteiger partial charge in [-0.1, -0.05) is 38.1 Å². The van der Waals surface area contributed by atoms with Crippen molar-refractivity contribution >= 4 is 11.7 Å². The number of carbonyl (C=O) groups excluding carboxylic acids is 1. The van der Waals surface area contributed by atoms with Crippen molar-refractivity contribution in [2.45, 2.75) is 39.2 Å². The highest BCUT2D eigenvalue weighted by molar-refractivity contribution is 5.89. The summed E-state index contributed by atoms with van der Waals surface area (Å²) < 4.78 is 0. The number of nitrogens with one attached hydrogen (secondary N) is 2. The molecule has 0 saturated heterocycles. The van der Waals surface area contributed by atoms with E-state index in [0.717, 1.165) is 11.1 Å². The number of aliphatic hydroxyl groups is 1. The quantitative estimate of drug-likeness (QED) is 0.756. The number of carbonyl (C=O) groups is 1. The van der Waals surface area contributed by atoms with Gasteiger partial charge in [0.2, 0.25) is 0 Å². The number of aryl methyl sites for hydroxylation is 1. The van der Waals surface area contributed by atoms with Gasteiger partial charge >= 0.3 is 6.03 Å². The Labute approximate surface area is 143 Å². The number of aromatic nitrogens is 1. The molecule has 24 heavy (non-hydrogen) atoms. The maximum atomic E-state index is 12.2. The smallest absolute Gasteiger partial charge is 0.319 e. The molecule has 0 saturated carbocycles. The van der Waals surface area contributed by atoms with E-state index in [1.807, 2.05) is 25.1 Å². The van der Waals surface area contributed by atoms with Crippen LogP contribution in [0.25, 0.3) is 0 Å². The Balaban J connectivity index is 2.05. The molecule has 2 rings (SSSR count). The fraction of sp³-hybridized carbons (Fsp3) is 0.368. The van der Waals surface area contributed by atoms with E-state index in [2.05, 4.69) is 41.6 Å². The van der Waals surface area contributed by atoms with Gasteiger partial charge in [0.15, 0.2) is 0 Å². The molecule has 5 heteroatoms. The van der Waals surface area contributed by atoms with Gasteiger partial charge in [-0.3, -0.25) is 4.98 Å². The van der Waals surface area contributed by atoms with E-state index in [4.69, 9.17) is 0 Å². The van der Waals surface area contributed by atoms with E-state index in [9.17, 15) is 9.90 Å². The van der Waals surface area contributed by atoms with Crippen molar-refractivity contribution in [2.75, 3.05) is 11.9 Å². The second-order valence-electron chi connectivity index (χ2n) is 6.24. The third-order valence-corrected chi connectivity index (χ3v) is 3.86. The summed E-state index contributed by atoms with van der Waals surface area (Å²) in [5, 5.41) is 15.0. The van der Waals surface area contributed by atoms with Gasteiger partial charge in [0.25, 0.3) is 0 Å². The van der Waals surface area contributed by atoms with E-state index < -0.39 is 0 Å². The van der Waals surface area contributed by atoms with Crippen LogP contribution in [-0.2, 0) is 0 Å². The molecule has 5 nitrogen and oxygen atoms in total. The van der Waals surface area contributed by atoms with Gasteiger partial charge in [-0.2, -0.15) is 0 Å². The summed E-state index contributed by atoms with van der Waals surface area (Å²) in [4.78, 5) is 16.3. The predicted molar refractivity (Wildman–Crippen MR) is 96.1 cm³/mol. The van der Waals surface area contributed by atoms with Crippen LogP contribution >= 0.6 is 0 Å². The standard InChI is InChI=1S/C19H25N3O2/c1-13(2)15-4-6-16(7-5-15)18(8-9-23)22-19(24)21-17-10-14(3)11-20-12-17/h4-7,10-13,18,23H,8-9H2,1-3H3,(H2,21,22,24)/t18-/m1/s1. The second-order valence-corrected chi connectivity index (χ2v) is 6.24. The van der Waals surface area contributed by atoms with Crippen LogP contribution in [0.4, 0.5) is 10.5 Å². The van der Waals surface area contributed by atoms with Gasteiger partial charge in [0.1, 0.15) is 0 Å². The van der Waals surface area contributed by atoms with Crippen molar-refractivity contribution in [3.05, 3.63) is 59.4 Å². The normalized spacial score (nSPS) is 12.0. The number of pyridine rings is 1. The fourth-order valence-corrected chi connectivity index (χ4v) is 2.51. The first-order valence-corrected chi connectivity index (χ1v) is 8.19. The van der Waals surface area contributed by atoms with Crippen molar-refractivity contribution in [1.82, 2.24) is 10.3 Å². The van der Waals surface area contributed by atoms with Crippen molar-refractivity contribution in [1.29, 1.82) is 0 Å². The lowest BCUT2D eigenvalue weighted by Gasteiger charge is -2.19. The number of aliphatic hydroxyl groups excluding tert-OH is 1. The molecule has 1 atom stereocenters. The van der Waals surface area contributed by atoms with Crippen LogP contribution in [0.5, 0.6) is 0 Å². The summed E-state index contributed by atoms with van der Waals surface area (Å²) in [6.45, 7) is 6.20. The minimum Gasteiger partial charge on any atom is -0.396 e. The zero-order valence-electron chi connectivity index (χ0n) is 14.4. The molecular weight excluding hydrogens is 302 g/mol. The summed E-state index contributed by atoms with van der Waals surface area (Å²) >= 11 is 0. The highest BCUT2D eigenvalue weighted by atomic mass is 16.3. The first-order chi connectivity index (χ1) is 11.5. The highest BCUT2D eigenvalue weighted by Crippen LogP contribution is 2.21. The van der Waals surface area contributed by atoms with Gasteiger partial charge in [-0.05, 0) is 42.0 Å². The van der Waals surface area contributed by atoms with Crippen molar-refractivity contribution in [3.63, 3.8) is 0 Å². The van der Waals surface area contributed by atoms with Crippen LogP contribution in [-0.4, -0.2) is 22.7 Å². The molecule has 1 aromatic carbocycles. The zero-order valence-corrected chi connectivity index (χ0v) is 14.4. The molecule has 0 aliphatic carbocycles. The number of anilines is 1. The average molecular weight is 327 g/mol. The molecule has 2 aromatic rings. The lowest BCUT2D eigenvalue weighted by Crippen LogP contribution is -2.33. The first kappa shape index (κ1) is 17.9. The van der Waals surface area contributed by atoms with Crippen LogP contribution in [0.2, 0.25) is 0 Å². The Morgan fingerprint density at radius 3 is 2.42 bits per heavy atom. The zero-order chi connectivity index (χ0) is 17.5. The molecule has 0 spiro atoms. The Morgan fingerprint density at radius 2 is 1.83 bits per heavy atom. The van der Waals surface area contributed by atoms with Gasteiger partial charge < -0.3 is 15.7 Å². The van der Waals surface area contributed by atoms with Crippen molar-refractivity contribution < 1.29 is 9.90 Å². The number of urea groups is 1. The van der Waals surface area contributed by atoms with E-state index in [1.54, 1.807) is 12.4 Å². The Kier molecular flexibility index (Phi) is 6.32. The molecule has 128 valence electrons. The molecule has 0 fully saturated rings. The number of nitrogens with zero attached hydrogens (tertiary/aromatic N) is 1. The lowest BCUT2D eigenvalue weighted by molar-refractivity contribution is 0.239. The number of rotatable bonds is 6. The van der Waals surface area contributed by atoms with E-state index in [0.29, 0.717) is 18.0 Å². The minimum atomic E-state index is -0.311. The topological polar surface area (TPSA) is 74.2 Å². The van der Waals surface area contributed by atoms with Crippen molar-refractivity contribution in [3.8, 4) is 0 Å². The van der Waals surface area contributed by atoms with Crippen LogP contribution in [0.15, 0.2) is 42.7 Å². The van der Waals surface area contributed by atoms with Gasteiger partial charge in [-0.15, -0.1) is 0 Å². The molecule has 3 N–H and O–H groups in total. The molecule has 0 aliphatic rings. The Hall–Kier alpha value is -2.40. The summed E-state index contributed by atoms with van der Waals surface area (Å²) in [6.07, 6.45) is 3.79. The van der Waals surface area contributed by atoms with Crippen molar-refractivity contribution in [2.24, 2.45) is 0 Å². The summed E-state index contributed by atoms with van der Waals surface area (Å²) in [7, 11) is 0. The molecule has 1 heterocycles. The van der Waals surface area contributed by atoms with Gasteiger partial charge in [-0.25, -0.2) is 4.79 Å². The number of amides is 2. The average Bonchev–Trinajstić information content (AvgIpc) is 2.54. The predicted octanol–water partition coefficient (Wildman–Crippen LogP) is 3.76. The Morgan fingerprint density at radius 1 is 1.17 bits per heavy atom. The largest absolute Gasteiger partial charge is 0.396 e. The molecular formula is C19H25N3O2. The van der Waals surface area contributed by atoms with Crippen LogP contribution in [0.3, 0.4) is 0 Å². The number of benzene rings is 1. The van der Waals surface area contributed by atoms with Crippen LogP contribution in [0, 0.1) is 6.92 Å². The second kappa shape index (κ2) is 8.45. The SMILES string of the molecule is Cc1cncc(NC(=O)N[C@H](CCO)c2ccc(C(C)C)cc2)c1. The van der Waals surface area contributed by atoms with Crippen LogP contribution < -0.4 is 10.6 Å². The maximum Gasteiger partial charge on any atom is 0.319 e. The Bertz CT molecular complexity index is 669.